The van der Waals surface area contributed by atoms with Crippen molar-refractivity contribution in [3.8, 4) is 0 Å². The molecule has 5 heteroatoms. The molecule has 0 aliphatic carbocycles. The van der Waals surface area contributed by atoms with E-state index in [-0.39, 0.29) is 6.61 Å². The van der Waals surface area contributed by atoms with E-state index >= 15 is 0 Å². The molecule has 112 valence electrons. The van der Waals surface area contributed by atoms with Crippen LogP contribution in [0.25, 0.3) is 0 Å². The van der Waals surface area contributed by atoms with Crippen molar-refractivity contribution in [2.75, 3.05) is 0 Å². The fraction of sp³-hybridized carbons (Fsp3) is 0.176. The van der Waals surface area contributed by atoms with Gasteiger partial charge in [0.25, 0.3) is 5.91 Å². The summed E-state index contributed by atoms with van der Waals surface area (Å²) in [5.74, 6) is -0.632. The molecule has 1 fully saturated rings. The van der Waals surface area contributed by atoms with Gasteiger partial charge in [0.05, 0.1) is 0 Å². The SMILES string of the molecule is O=C(OCc1ccccc1)N1C(=O)[C@H](O)[C@@H]1c1ccccc1. The van der Waals surface area contributed by atoms with Crippen LogP contribution in [-0.2, 0) is 16.1 Å². The molecule has 2 atom stereocenters. The van der Waals surface area contributed by atoms with Crippen molar-refractivity contribution in [1.82, 2.24) is 4.90 Å². The standard InChI is InChI=1S/C17H15NO4/c19-15-14(13-9-5-2-6-10-13)18(16(15)20)17(21)22-11-12-7-3-1-4-8-12/h1-10,14-15,19H,11H2/t14-,15+/m0/s1. The minimum absolute atomic E-state index is 0.0844. The van der Waals surface area contributed by atoms with E-state index in [1.54, 1.807) is 24.3 Å². The number of amides is 2. The minimum Gasteiger partial charge on any atom is -0.444 e. The molecule has 2 aromatic rings. The van der Waals surface area contributed by atoms with Crippen LogP contribution in [0, 0.1) is 0 Å². The lowest BCUT2D eigenvalue weighted by molar-refractivity contribution is -0.162. The van der Waals surface area contributed by atoms with E-state index in [0.29, 0.717) is 5.56 Å². The predicted octanol–water partition coefficient (Wildman–Crippen LogP) is 2.27. The van der Waals surface area contributed by atoms with Crippen LogP contribution in [0.2, 0.25) is 0 Å². The van der Waals surface area contributed by atoms with Crippen LogP contribution in [0.3, 0.4) is 0 Å². The van der Waals surface area contributed by atoms with Crippen molar-refractivity contribution >= 4 is 12.0 Å². The van der Waals surface area contributed by atoms with E-state index in [0.717, 1.165) is 10.5 Å². The first kappa shape index (κ1) is 14.3. The monoisotopic (exact) mass is 297 g/mol. The number of aliphatic hydroxyl groups is 1. The van der Waals surface area contributed by atoms with Crippen LogP contribution in [0.1, 0.15) is 17.2 Å². The highest BCUT2D eigenvalue weighted by atomic mass is 16.6. The van der Waals surface area contributed by atoms with Crippen LogP contribution in [0.4, 0.5) is 4.79 Å². The van der Waals surface area contributed by atoms with E-state index < -0.39 is 24.1 Å². The fourth-order valence-electron chi connectivity index (χ4n) is 2.45. The topological polar surface area (TPSA) is 66.8 Å². The van der Waals surface area contributed by atoms with Crippen LogP contribution >= 0.6 is 0 Å². The van der Waals surface area contributed by atoms with Gasteiger partial charge in [0, 0.05) is 0 Å². The molecule has 2 amide bonds. The first-order valence-corrected chi connectivity index (χ1v) is 6.95. The van der Waals surface area contributed by atoms with Crippen molar-refractivity contribution in [2.45, 2.75) is 18.8 Å². The van der Waals surface area contributed by atoms with Crippen molar-refractivity contribution in [3.05, 3.63) is 71.8 Å². The summed E-state index contributed by atoms with van der Waals surface area (Å²) in [6.45, 7) is 0.0844. The molecule has 0 bridgehead atoms. The average molecular weight is 297 g/mol. The lowest BCUT2D eigenvalue weighted by Crippen LogP contribution is -2.61. The van der Waals surface area contributed by atoms with E-state index in [9.17, 15) is 14.7 Å². The van der Waals surface area contributed by atoms with Gasteiger partial charge in [0.2, 0.25) is 0 Å². The van der Waals surface area contributed by atoms with E-state index in [1.165, 1.54) is 0 Å². The summed E-state index contributed by atoms with van der Waals surface area (Å²) in [6, 6.07) is 17.5. The van der Waals surface area contributed by atoms with E-state index in [4.69, 9.17) is 4.74 Å². The van der Waals surface area contributed by atoms with Crippen molar-refractivity contribution in [3.63, 3.8) is 0 Å². The second kappa shape index (κ2) is 5.99. The molecule has 1 N–H and O–H groups in total. The zero-order chi connectivity index (χ0) is 15.5. The molecule has 3 rings (SSSR count). The number of carbonyl (C=O) groups excluding carboxylic acids is 2. The van der Waals surface area contributed by atoms with Gasteiger partial charge in [-0.25, -0.2) is 9.69 Å². The number of nitrogens with zero attached hydrogens (tertiary/aromatic N) is 1. The van der Waals surface area contributed by atoms with Crippen LogP contribution in [0.5, 0.6) is 0 Å². The molecular formula is C17H15NO4. The van der Waals surface area contributed by atoms with Crippen LogP contribution in [-0.4, -0.2) is 28.1 Å². The Hall–Kier alpha value is -2.66. The summed E-state index contributed by atoms with van der Waals surface area (Å²) >= 11 is 0. The molecule has 1 aliphatic heterocycles. The largest absolute Gasteiger partial charge is 0.444 e. The molecule has 1 saturated heterocycles. The zero-order valence-electron chi connectivity index (χ0n) is 11.8. The number of β-lactam (4-membered cyclic amide) rings is 1. The molecule has 0 saturated carbocycles. The molecule has 2 aromatic carbocycles. The Bertz CT molecular complexity index is 672. The number of aliphatic hydroxyl groups excluding tert-OH is 1. The molecule has 0 unspecified atom stereocenters. The number of rotatable bonds is 3. The van der Waals surface area contributed by atoms with Gasteiger partial charge in [-0.2, -0.15) is 0 Å². The summed E-state index contributed by atoms with van der Waals surface area (Å²) in [7, 11) is 0. The third-order valence-electron chi connectivity index (χ3n) is 3.61. The highest BCUT2D eigenvalue weighted by Gasteiger charge is 2.51. The number of likely N-dealkylation sites (tertiary alicyclic amines) is 1. The lowest BCUT2D eigenvalue weighted by atomic mass is 9.91. The van der Waals surface area contributed by atoms with Gasteiger partial charge >= 0.3 is 6.09 Å². The number of hydrogen-bond donors (Lipinski definition) is 1. The zero-order valence-corrected chi connectivity index (χ0v) is 11.8. The minimum atomic E-state index is -1.20. The molecule has 0 spiro atoms. The molecule has 0 aromatic heterocycles. The average Bonchev–Trinajstić information content (AvgIpc) is 2.58. The third-order valence-corrected chi connectivity index (χ3v) is 3.61. The van der Waals surface area contributed by atoms with Crippen molar-refractivity contribution in [1.29, 1.82) is 0 Å². The number of carbonyl (C=O) groups is 2. The Labute approximate surface area is 127 Å². The maximum Gasteiger partial charge on any atom is 0.417 e. The summed E-state index contributed by atoms with van der Waals surface area (Å²) in [4.78, 5) is 24.8. The third kappa shape index (κ3) is 2.58. The lowest BCUT2D eigenvalue weighted by Gasteiger charge is -2.41. The van der Waals surface area contributed by atoms with Gasteiger partial charge in [-0.1, -0.05) is 60.7 Å². The summed E-state index contributed by atoms with van der Waals surface area (Å²) in [6.07, 6.45) is -1.94. The van der Waals surface area contributed by atoms with Crippen LogP contribution in [0.15, 0.2) is 60.7 Å². The Morgan fingerprint density at radius 2 is 1.64 bits per heavy atom. The summed E-state index contributed by atoms with van der Waals surface area (Å²) in [5.41, 5.74) is 1.53. The van der Waals surface area contributed by atoms with Crippen molar-refractivity contribution in [2.24, 2.45) is 0 Å². The van der Waals surface area contributed by atoms with Gasteiger partial charge in [0.15, 0.2) is 6.10 Å². The molecule has 22 heavy (non-hydrogen) atoms. The van der Waals surface area contributed by atoms with E-state index in [2.05, 4.69) is 0 Å². The van der Waals surface area contributed by atoms with E-state index in [1.807, 2.05) is 36.4 Å². The highest BCUT2D eigenvalue weighted by Crippen LogP contribution is 2.35. The van der Waals surface area contributed by atoms with Crippen molar-refractivity contribution < 1.29 is 19.4 Å². The summed E-state index contributed by atoms with van der Waals surface area (Å²) < 4.78 is 5.16. The van der Waals surface area contributed by atoms with Gasteiger partial charge in [-0.15, -0.1) is 0 Å². The highest BCUT2D eigenvalue weighted by molar-refractivity contribution is 6.01. The molecule has 1 heterocycles. The first-order chi connectivity index (χ1) is 10.7. The molecule has 0 radical (unpaired) electrons. The van der Waals surface area contributed by atoms with Crippen LogP contribution < -0.4 is 0 Å². The normalized spacial score (nSPS) is 20.4. The second-order valence-electron chi connectivity index (χ2n) is 5.05. The number of imide groups is 1. The molecular weight excluding hydrogens is 282 g/mol. The predicted molar refractivity (Wildman–Crippen MR) is 78.7 cm³/mol. The molecule has 1 aliphatic rings. The molecule has 5 nitrogen and oxygen atoms in total. The van der Waals surface area contributed by atoms with Gasteiger partial charge in [0.1, 0.15) is 12.6 Å². The van der Waals surface area contributed by atoms with Gasteiger partial charge < -0.3 is 9.84 Å². The maximum absolute atomic E-state index is 12.1. The smallest absolute Gasteiger partial charge is 0.417 e. The van der Waals surface area contributed by atoms with Gasteiger partial charge in [-0.3, -0.25) is 4.79 Å². The number of ether oxygens (including phenoxy) is 1. The maximum atomic E-state index is 12.1. The Balaban J connectivity index is 1.69. The Morgan fingerprint density at radius 3 is 2.27 bits per heavy atom. The van der Waals surface area contributed by atoms with Gasteiger partial charge in [-0.05, 0) is 11.1 Å². The Morgan fingerprint density at radius 1 is 1.05 bits per heavy atom. The number of benzene rings is 2. The summed E-state index contributed by atoms with van der Waals surface area (Å²) in [5, 5.41) is 9.84. The second-order valence-corrected chi connectivity index (χ2v) is 5.05. The number of hydrogen-bond acceptors (Lipinski definition) is 4. The first-order valence-electron chi connectivity index (χ1n) is 6.95. The fourth-order valence-corrected chi connectivity index (χ4v) is 2.45. The quantitative estimate of drug-likeness (QED) is 0.883. The Kier molecular flexibility index (Phi) is 3.89.